The fourth-order valence-corrected chi connectivity index (χ4v) is 3.16. The summed E-state index contributed by atoms with van der Waals surface area (Å²) in [6, 6.07) is 17.9. The van der Waals surface area contributed by atoms with Crippen molar-refractivity contribution >= 4 is 22.2 Å². The summed E-state index contributed by atoms with van der Waals surface area (Å²) in [5, 5.41) is 9.68. The van der Waals surface area contributed by atoms with E-state index in [4.69, 9.17) is 4.74 Å². The van der Waals surface area contributed by atoms with Crippen molar-refractivity contribution in [3.8, 4) is 11.5 Å². The Morgan fingerprint density at radius 1 is 1.08 bits per heavy atom. The standard InChI is InChI=1S/C19H21N3OS/c1-3-20-14(2)17-13-24-19(22-17)21-16-11-7-8-12-18(16)23-15-9-5-4-6-10-15/h4-14,20H,3H2,1-2H3,(H,21,22). The minimum Gasteiger partial charge on any atom is -0.455 e. The molecular formula is C19H21N3OS. The highest BCUT2D eigenvalue weighted by Crippen LogP contribution is 2.32. The molecule has 0 bridgehead atoms. The van der Waals surface area contributed by atoms with Gasteiger partial charge in [0.05, 0.1) is 11.4 Å². The van der Waals surface area contributed by atoms with Gasteiger partial charge in [-0.2, -0.15) is 0 Å². The Balaban J connectivity index is 1.76. The molecule has 4 nitrogen and oxygen atoms in total. The first-order chi connectivity index (χ1) is 11.8. The zero-order valence-electron chi connectivity index (χ0n) is 13.8. The van der Waals surface area contributed by atoms with Gasteiger partial charge in [0.25, 0.3) is 0 Å². The zero-order chi connectivity index (χ0) is 16.8. The monoisotopic (exact) mass is 339 g/mol. The number of ether oxygens (including phenoxy) is 1. The fraction of sp³-hybridized carbons (Fsp3) is 0.211. The van der Waals surface area contributed by atoms with Crippen molar-refractivity contribution in [2.24, 2.45) is 0 Å². The van der Waals surface area contributed by atoms with E-state index in [2.05, 4.69) is 34.8 Å². The van der Waals surface area contributed by atoms with E-state index in [1.165, 1.54) is 0 Å². The molecule has 0 amide bonds. The Kier molecular flexibility index (Phi) is 5.46. The Morgan fingerprint density at radius 2 is 1.83 bits per heavy atom. The van der Waals surface area contributed by atoms with Crippen LogP contribution in [-0.2, 0) is 0 Å². The van der Waals surface area contributed by atoms with Crippen LogP contribution in [0.3, 0.4) is 0 Å². The third-order valence-corrected chi connectivity index (χ3v) is 4.35. The second kappa shape index (κ2) is 7.95. The highest BCUT2D eigenvalue weighted by molar-refractivity contribution is 7.13. The quantitative estimate of drug-likeness (QED) is 0.609. The summed E-state index contributed by atoms with van der Waals surface area (Å²) in [6.45, 7) is 5.14. The lowest BCUT2D eigenvalue weighted by Gasteiger charge is -2.11. The molecule has 1 heterocycles. The molecule has 2 N–H and O–H groups in total. The summed E-state index contributed by atoms with van der Waals surface area (Å²) >= 11 is 1.60. The molecule has 5 heteroatoms. The number of nitrogens with zero attached hydrogens (tertiary/aromatic N) is 1. The number of hydrogen-bond donors (Lipinski definition) is 2. The Bertz CT molecular complexity index is 773. The van der Waals surface area contributed by atoms with E-state index in [1.54, 1.807) is 11.3 Å². The summed E-state index contributed by atoms with van der Waals surface area (Å²) in [4.78, 5) is 4.66. The third kappa shape index (κ3) is 4.13. The molecule has 0 saturated carbocycles. The number of rotatable bonds is 7. The minimum absolute atomic E-state index is 0.248. The SMILES string of the molecule is CCNC(C)c1csc(Nc2ccccc2Oc2ccccc2)n1. The second-order valence-electron chi connectivity index (χ2n) is 5.39. The average molecular weight is 339 g/mol. The number of anilines is 2. The highest BCUT2D eigenvalue weighted by atomic mass is 32.1. The van der Waals surface area contributed by atoms with Gasteiger partial charge in [-0.15, -0.1) is 11.3 Å². The first-order valence-corrected chi connectivity index (χ1v) is 8.92. The molecule has 1 unspecified atom stereocenters. The van der Waals surface area contributed by atoms with Crippen molar-refractivity contribution in [2.75, 3.05) is 11.9 Å². The van der Waals surface area contributed by atoms with Gasteiger partial charge in [0.1, 0.15) is 5.75 Å². The normalized spacial score (nSPS) is 11.9. The molecular weight excluding hydrogens is 318 g/mol. The van der Waals surface area contributed by atoms with Crippen molar-refractivity contribution in [1.82, 2.24) is 10.3 Å². The van der Waals surface area contributed by atoms with Gasteiger partial charge < -0.3 is 15.4 Å². The fourth-order valence-electron chi connectivity index (χ4n) is 2.34. The maximum atomic E-state index is 5.98. The largest absolute Gasteiger partial charge is 0.455 e. The van der Waals surface area contributed by atoms with Gasteiger partial charge in [0, 0.05) is 11.4 Å². The van der Waals surface area contributed by atoms with E-state index in [1.807, 2.05) is 54.6 Å². The van der Waals surface area contributed by atoms with Crippen LogP contribution in [0, 0.1) is 0 Å². The molecule has 0 aliphatic rings. The van der Waals surface area contributed by atoms with E-state index in [0.717, 1.165) is 34.6 Å². The Labute approximate surface area is 146 Å². The van der Waals surface area contributed by atoms with E-state index in [9.17, 15) is 0 Å². The van der Waals surface area contributed by atoms with Gasteiger partial charge in [-0.25, -0.2) is 4.98 Å². The predicted molar refractivity (Wildman–Crippen MR) is 100 cm³/mol. The molecule has 2 aromatic carbocycles. The van der Waals surface area contributed by atoms with Crippen LogP contribution < -0.4 is 15.4 Å². The van der Waals surface area contributed by atoms with Gasteiger partial charge in [0.15, 0.2) is 10.9 Å². The molecule has 0 radical (unpaired) electrons. The molecule has 1 atom stereocenters. The molecule has 0 saturated heterocycles. The van der Waals surface area contributed by atoms with Crippen LogP contribution in [0.2, 0.25) is 0 Å². The summed E-state index contributed by atoms with van der Waals surface area (Å²) < 4.78 is 5.98. The lowest BCUT2D eigenvalue weighted by Crippen LogP contribution is -2.17. The van der Waals surface area contributed by atoms with E-state index < -0.39 is 0 Å². The van der Waals surface area contributed by atoms with Crippen LogP contribution in [0.15, 0.2) is 60.0 Å². The van der Waals surface area contributed by atoms with Crippen LogP contribution in [0.5, 0.6) is 11.5 Å². The maximum absolute atomic E-state index is 5.98. The zero-order valence-corrected chi connectivity index (χ0v) is 14.6. The minimum atomic E-state index is 0.248. The van der Waals surface area contributed by atoms with Crippen LogP contribution >= 0.6 is 11.3 Å². The predicted octanol–water partition coefficient (Wildman–Crippen LogP) is 5.35. The second-order valence-corrected chi connectivity index (χ2v) is 6.25. The molecule has 24 heavy (non-hydrogen) atoms. The number of benzene rings is 2. The molecule has 1 aromatic heterocycles. The molecule has 0 aliphatic carbocycles. The number of aromatic nitrogens is 1. The van der Waals surface area contributed by atoms with Gasteiger partial charge in [-0.3, -0.25) is 0 Å². The van der Waals surface area contributed by atoms with Crippen LogP contribution in [0.1, 0.15) is 25.6 Å². The molecule has 3 aromatic rings. The number of hydrogen-bond acceptors (Lipinski definition) is 5. The van der Waals surface area contributed by atoms with Crippen molar-refractivity contribution in [1.29, 1.82) is 0 Å². The molecule has 3 rings (SSSR count). The lowest BCUT2D eigenvalue weighted by molar-refractivity contribution is 0.485. The summed E-state index contributed by atoms with van der Waals surface area (Å²) in [6.07, 6.45) is 0. The first-order valence-electron chi connectivity index (χ1n) is 8.04. The number of nitrogens with one attached hydrogen (secondary N) is 2. The first kappa shape index (κ1) is 16.5. The van der Waals surface area contributed by atoms with E-state index >= 15 is 0 Å². The molecule has 0 aliphatic heterocycles. The lowest BCUT2D eigenvalue weighted by atomic mass is 10.2. The van der Waals surface area contributed by atoms with Gasteiger partial charge in [-0.1, -0.05) is 37.3 Å². The van der Waals surface area contributed by atoms with Crippen molar-refractivity contribution in [3.05, 3.63) is 65.7 Å². The van der Waals surface area contributed by atoms with Crippen molar-refractivity contribution < 1.29 is 4.74 Å². The van der Waals surface area contributed by atoms with Gasteiger partial charge in [0.2, 0.25) is 0 Å². The number of para-hydroxylation sites is 3. The smallest absolute Gasteiger partial charge is 0.187 e. The van der Waals surface area contributed by atoms with Crippen molar-refractivity contribution in [2.45, 2.75) is 19.9 Å². The highest BCUT2D eigenvalue weighted by Gasteiger charge is 2.11. The van der Waals surface area contributed by atoms with Gasteiger partial charge in [-0.05, 0) is 37.7 Å². The van der Waals surface area contributed by atoms with Crippen LogP contribution in [0.25, 0.3) is 0 Å². The molecule has 124 valence electrons. The average Bonchev–Trinajstić information content (AvgIpc) is 3.07. The van der Waals surface area contributed by atoms with E-state index in [-0.39, 0.29) is 6.04 Å². The van der Waals surface area contributed by atoms with Crippen LogP contribution in [-0.4, -0.2) is 11.5 Å². The topological polar surface area (TPSA) is 46.2 Å². The molecule has 0 fully saturated rings. The Morgan fingerprint density at radius 3 is 2.62 bits per heavy atom. The van der Waals surface area contributed by atoms with E-state index in [0.29, 0.717) is 0 Å². The summed E-state index contributed by atoms with van der Waals surface area (Å²) in [5.74, 6) is 1.59. The maximum Gasteiger partial charge on any atom is 0.187 e. The third-order valence-electron chi connectivity index (χ3n) is 3.58. The molecule has 0 spiro atoms. The van der Waals surface area contributed by atoms with Crippen molar-refractivity contribution in [3.63, 3.8) is 0 Å². The van der Waals surface area contributed by atoms with Crippen LogP contribution in [0.4, 0.5) is 10.8 Å². The summed E-state index contributed by atoms with van der Waals surface area (Å²) in [7, 11) is 0. The summed E-state index contributed by atoms with van der Waals surface area (Å²) in [5.41, 5.74) is 1.95. The Hall–Kier alpha value is -2.37. The number of thiazole rings is 1. The van der Waals surface area contributed by atoms with Gasteiger partial charge >= 0.3 is 0 Å².